The Balaban J connectivity index is 1.47. The molecule has 1 aliphatic heterocycles. The minimum atomic E-state index is -0.388. The SMILES string of the molecule is CCOC(=O)C1c2cc(OCCc3nc(-c4ccccc4)oc3C)ccc2CCN1CC(C)C. The fourth-order valence-electron chi connectivity index (χ4n) is 4.53. The first-order valence-electron chi connectivity index (χ1n) is 12.1. The lowest BCUT2D eigenvalue weighted by atomic mass is 9.91. The Morgan fingerprint density at radius 3 is 2.74 bits per heavy atom. The molecule has 1 unspecified atom stereocenters. The van der Waals surface area contributed by atoms with Crippen LogP contribution in [0.15, 0.2) is 52.9 Å². The zero-order chi connectivity index (χ0) is 24.1. The average molecular weight is 463 g/mol. The Hall–Kier alpha value is -3.12. The van der Waals surface area contributed by atoms with Crippen molar-refractivity contribution in [3.8, 4) is 17.2 Å². The third-order valence-corrected chi connectivity index (χ3v) is 6.08. The molecule has 2 heterocycles. The van der Waals surface area contributed by atoms with E-state index in [4.69, 9.17) is 13.9 Å². The van der Waals surface area contributed by atoms with Crippen LogP contribution in [0.25, 0.3) is 11.5 Å². The highest BCUT2D eigenvalue weighted by molar-refractivity contribution is 5.79. The number of oxazole rings is 1. The maximum atomic E-state index is 12.9. The predicted octanol–water partition coefficient (Wildman–Crippen LogP) is 5.39. The van der Waals surface area contributed by atoms with Crippen LogP contribution in [0.1, 0.15) is 49.4 Å². The highest BCUT2D eigenvalue weighted by Gasteiger charge is 2.34. The number of hydrogen-bond donors (Lipinski definition) is 0. The highest BCUT2D eigenvalue weighted by Crippen LogP contribution is 2.34. The molecule has 0 N–H and O–H groups in total. The molecule has 2 aromatic carbocycles. The van der Waals surface area contributed by atoms with Crippen molar-refractivity contribution < 1.29 is 18.7 Å². The quantitative estimate of drug-likeness (QED) is 0.397. The molecule has 0 amide bonds. The number of ether oxygens (including phenoxy) is 2. The molecule has 0 radical (unpaired) electrons. The molecule has 4 rings (SSSR count). The summed E-state index contributed by atoms with van der Waals surface area (Å²) in [4.78, 5) is 19.8. The van der Waals surface area contributed by atoms with E-state index in [1.165, 1.54) is 5.56 Å². The van der Waals surface area contributed by atoms with Crippen LogP contribution < -0.4 is 4.74 Å². The zero-order valence-electron chi connectivity index (χ0n) is 20.5. The average Bonchev–Trinajstić information content (AvgIpc) is 3.19. The van der Waals surface area contributed by atoms with Crippen molar-refractivity contribution in [3.05, 3.63) is 71.1 Å². The maximum Gasteiger partial charge on any atom is 0.328 e. The van der Waals surface area contributed by atoms with Gasteiger partial charge in [0.15, 0.2) is 0 Å². The molecule has 6 heteroatoms. The van der Waals surface area contributed by atoms with Gasteiger partial charge in [0, 0.05) is 25.1 Å². The number of esters is 1. The first kappa shape index (κ1) is 24.0. The first-order chi connectivity index (χ1) is 16.5. The number of aryl methyl sites for hydroxylation is 1. The molecular formula is C28H34N2O4. The van der Waals surface area contributed by atoms with Gasteiger partial charge < -0.3 is 13.9 Å². The Morgan fingerprint density at radius 1 is 1.21 bits per heavy atom. The molecule has 1 aromatic heterocycles. The van der Waals surface area contributed by atoms with E-state index in [2.05, 4.69) is 29.8 Å². The molecule has 34 heavy (non-hydrogen) atoms. The third-order valence-electron chi connectivity index (χ3n) is 6.08. The summed E-state index contributed by atoms with van der Waals surface area (Å²) in [5, 5.41) is 0. The summed E-state index contributed by atoms with van der Waals surface area (Å²) < 4.78 is 17.4. The summed E-state index contributed by atoms with van der Waals surface area (Å²) in [5.41, 5.74) is 4.03. The second kappa shape index (κ2) is 10.9. The smallest absolute Gasteiger partial charge is 0.328 e. The van der Waals surface area contributed by atoms with Crippen LogP contribution in [0.4, 0.5) is 0 Å². The fraction of sp³-hybridized carbons (Fsp3) is 0.429. The summed E-state index contributed by atoms with van der Waals surface area (Å²) in [6.07, 6.45) is 1.55. The fourth-order valence-corrected chi connectivity index (χ4v) is 4.53. The predicted molar refractivity (Wildman–Crippen MR) is 132 cm³/mol. The number of rotatable bonds is 9. The minimum absolute atomic E-state index is 0.187. The van der Waals surface area contributed by atoms with E-state index in [0.717, 1.165) is 47.8 Å². The normalized spacial score (nSPS) is 15.9. The van der Waals surface area contributed by atoms with Gasteiger partial charge in [-0.1, -0.05) is 38.1 Å². The first-order valence-corrected chi connectivity index (χ1v) is 12.1. The van der Waals surface area contributed by atoms with Gasteiger partial charge >= 0.3 is 5.97 Å². The van der Waals surface area contributed by atoms with Gasteiger partial charge in [-0.15, -0.1) is 0 Å². The lowest BCUT2D eigenvalue weighted by molar-refractivity contribution is -0.150. The summed E-state index contributed by atoms with van der Waals surface area (Å²) in [5.74, 6) is 2.46. The Morgan fingerprint density at radius 2 is 2.00 bits per heavy atom. The van der Waals surface area contributed by atoms with Crippen molar-refractivity contribution in [2.24, 2.45) is 5.92 Å². The molecule has 0 saturated carbocycles. The van der Waals surface area contributed by atoms with Crippen molar-refractivity contribution in [2.75, 3.05) is 26.3 Å². The summed E-state index contributed by atoms with van der Waals surface area (Å²) in [7, 11) is 0. The largest absolute Gasteiger partial charge is 0.493 e. The number of aromatic nitrogens is 1. The van der Waals surface area contributed by atoms with Crippen molar-refractivity contribution in [1.29, 1.82) is 0 Å². The molecule has 1 atom stereocenters. The monoisotopic (exact) mass is 462 g/mol. The molecule has 0 spiro atoms. The van der Waals surface area contributed by atoms with Gasteiger partial charge in [-0.3, -0.25) is 4.90 Å². The molecule has 0 saturated heterocycles. The van der Waals surface area contributed by atoms with Crippen LogP contribution in [-0.4, -0.2) is 42.2 Å². The Labute approximate surface area is 201 Å². The number of hydrogen-bond acceptors (Lipinski definition) is 6. The van der Waals surface area contributed by atoms with Crippen molar-refractivity contribution in [1.82, 2.24) is 9.88 Å². The van der Waals surface area contributed by atoms with Gasteiger partial charge in [-0.05, 0) is 61.6 Å². The Bertz CT molecular complexity index is 1110. The number of carbonyl (C=O) groups excluding carboxylic acids is 1. The number of carbonyl (C=O) groups is 1. The lowest BCUT2D eigenvalue weighted by Gasteiger charge is -2.36. The second-order valence-corrected chi connectivity index (χ2v) is 9.14. The van der Waals surface area contributed by atoms with Crippen LogP contribution in [0.3, 0.4) is 0 Å². The molecular weight excluding hydrogens is 428 g/mol. The summed E-state index contributed by atoms with van der Waals surface area (Å²) in [6, 6.07) is 15.6. The van der Waals surface area contributed by atoms with Gasteiger partial charge in [-0.25, -0.2) is 9.78 Å². The zero-order valence-corrected chi connectivity index (χ0v) is 20.5. The minimum Gasteiger partial charge on any atom is -0.493 e. The summed E-state index contributed by atoms with van der Waals surface area (Å²) in [6.45, 7) is 10.7. The molecule has 1 aliphatic rings. The lowest BCUT2D eigenvalue weighted by Crippen LogP contribution is -2.42. The number of nitrogens with zero attached hydrogens (tertiary/aromatic N) is 2. The second-order valence-electron chi connectivity index (χ2n) is 9.14. The topological polar surface area (TPSA) is 64.8 Å². The molecule has 180 valence electrons. The standard InChI is InChI=1S/C28H34N2O4/c1-5-32-28(31)26-24-17-23(12-11-21(24)13-15-30(26)18-19(2)3)33-16-14-25-20(4)34-27(29-25)22-9-7-6-8-10-22/h6-12,17,19,26H,5,13-16,18H2,1-4H3. The van der Waals surface area contributed by atoms with Gasteiger partial charge in [0.05, 0.1) is 18.9 Å². The van der Waals surface area contributed by atoms with Gasteiger partial charge in [0.1, 0.15) is 17.6 Å². The van der Waals surface area contributed by atoms with E-state index in [1.54, 1.807) is 0 Å². The van der Waals surface area contributed by atoms with Crippen LogP contribution in [0.2, 0.25) is 0 Å². The molecule has 6 nitrogen and oxygen atoms in total. The number of benzene rings is 2. The number of fused-ring (bicyclic) bond motifs is 1. The van der Waals surface area contributed by atoms with E-state index in [9.17, 15) is 4.79 Å². The molecule has 0 fully saturated rings. The maximum absolute atomic E-state index is 12.9. The van der Waals surface area contributed by atoms with E-state index in [-0.39, 0.29) is 12.0 Å². The van der Waals surface area contributed by atoms with E-state index >= 15 is 0 Å². The molecule has 0 aliphatic carbocycles. The van der Waals surface area contributed by atoms with Crippen LogP contribution >= 0.6 is 0 Å². The highest BCUT2D eigenvalue weighted by atomic mass is 16.5. The van der Waals surface area contributed by atoms with Crippen molar-refractivity contribution >= 4 is 5.97 Å². The van der Waals surface area contributed by atoms with E-state index < -0.39 is 0 Å². The van der Waals surface area contributed by atoms with Gasteiger partial charge in [0.25, 0.3) is 0 Å². The third kappa shape index (κ3) is 5.50. The summed E-state index contributed by atoms with van der Waals surface area (Å²) >= 11 is 0. The van der Waals surface area contributed by atoms with Gasteiger partial charge in [0.2, 0.25) is 5.89 Å². The van der Waals surface area contributed by atoms with E-state index in [0.29, 0.717) is 31.4 Å². The molecule has 0 bridgehead atoms. The van der Waals surface area contributed by atoms with Crippen molar-refractivity contribution in [2.45, 2.75) is 46.6 Å². The molecule has 3 aromatic rings. The Kier molecular flexibility index (Phi) is 7.68. The van der Waals surface area contributed by atoms with Gasteiger partial charge in [-0.2, -0.15) is 0 Å². The van der Waals surface area contributed by atoms with E-state index in [1.807, 2.05) is 56.3 Å². The van der Waals surface area contributed by atoms with Crippen LogP contribution in [0, 0.1) is 12.8 Å². The van der Waals surface area contributed by atoms with Crippen LogP contribution in [-0.2, 0) is 22.4 Å². The van der Waals surface area contributed by atoms with Crippen LogP contribution in [0.5, 0.6) is 5.75 Å². The van der Waals surface area contributed by atoms with Crippen molar-refractivity contribution in [3.63, 3.8) is 0 Å².